The van der Waals surface area contributed by atoms with Crippen LogP contribution in [0.5, 0.6) is 0 Å². The van der Waals surface area contributed by atoms with Gasteiger partial charge in [0.2, 0.25) is 0 Å². The molecule has 0 N–H and O–H groups in total. The zero-order chi connectivity index (χ0) is 7.72. The lowest BCUT2D eigenvalue weighted by atomic mass is 10.1. The first-order valence-electron chi connectivity index (χ1n) is 3.33. The normalized spacial score (nSPS) is 10.9. The second-order valence-corrected chi connectivity index (χ2v) is 3.21. The monoisotopic (exact) mass is 156 g/mol. The highest BCUT2D eigenvalue weighted by Gasteiger charge is 2.06. The summed E-state index contributed by atoms with van der Waals surface area (Å²) in [7, 11) is 1.91. The largest absolute Gasteiger partial charge is 0.274 e. The summed E-state index contributed by atoms with van der Waals surface area (Å²) >= 11 is 4.27. The van der Waals surface area contributed by atoms with Crippen molar-refractivity contribution in [1.82, 2.24) is 9.78 Å². The lowest BCUT2D eigenvalue weighted by molar-refractivity contribution is 0.711. The van der Waals surface area contributed by atoms with Gasteiger partial charge in [0.15, 0.2) is 0 Å². The van der Waals surface area contributed by atoms with Gasteiger partial charge in [-0.25, -0.2) is 0 Å². The molecule has 10 heavy (non-hydrogen) atoms. The summed E-state index contributed by atoms with van der Waals surface area (Å²) in [5.41, 5.74) is 1.07. The molecular weight excluding hydrogens is 144 g/mol. The van der Waals surface area contributed by atoms with E-state index in [2.05, 4.69) is 31.6 Å². The molecule has 1 heterocycles. The molecule has 2 nitrogen and oxygen atoms in total. The van der Waals surface area contributed by atoms with Crippen LogP contribution in [0.25, 0.3) is 0 Å². The molecular formula is C7H12N2S. The van der Waals surface area contributed by atoms with Gasteiger partial charge in [0.25, 0.3) is 0 Å². The number of hydrogen-bond acceptors (Lipinski definition) is 2. The smallest absolute Gasteiger partial charge is 0.0782 e. The van der Waals surface area contributed by atoms with Gasteiger partial charge in [0.05, 0.1) is 5.69 Å². The van der Waals surface area contributed by atoms with Crippen molar-refractivity contribution in [3.05, 3.63) is 11.9 Å². The van der Waals surface area contributed by atoms with E-state index in [4.69, 9.17) is 0 Å². The third-order valence-corrected chi connectivity index (χ3v) is 1.73. The topological polar surface area (TPSA) is 17.8 Å². The fourth-order valence-electron chi connectivity index (χ4n) is 0.904. The minimum atomic E-state index is 0.466. The molecule has 0 saturated carbocycles. The molecule has 0 amide bonds. The van der Waals surface area contributed by atoms with Gasteiger partial charge in [-0.3, -0.25) is 4.68 Å². The van der Waals surface area contributed by atoms with Crippen LogP contribution in [0.3, 0.4) is 0 Å². The Morgan fingerprint density at radius 3 is 2.40 bits per heavy atom. The minimum absolute atomic E-state index is 0.466. The maximum absolute atomic E-state index is 4.27. The Morgan fingerprint density at radius 1 is 1.60 bits per heavy atom. The summed E-state index contributed by atoms with van der Waals surface area (Å²) in [4.78, 5) is 0.984. The summed E-state index contributed by atoms with van der Waals surface area (Å²) in [6.45, 7) is 4.23. The van der Waals surface area contributed by atoms with Crippen LogP contribution in [-0.4, -0.2) is 9.78 Å². The van der Waals surface area contributed by atoms with Crippen LogP contribution < -0.4 is 0 Å². The third kappa shape index (κ3) is 1.34. The van der Waals surface area contributed by atoms with Gasteiger partial charge >= 0.3 is 0 Å². The van der Waals surface area contributed by atoms with Crippen LogP contribution >= 0.6 is 12.6 Å². The van der Waals surface area contributed by atoms with Crippen molar-refractivity contribution in [2.24, 2.45) is 7.05 Å². The van der Waals surface area contributed by atoms with Crippen molar-refractivity contribution in [3.63, 3.8) is 0 Å². The standard InChI is InChI=1S/C7H12N2S/c1-5(2)7-6(10)4-9(3)8-7/h4-5,10H,1-3H3. The van der Waals surface area contributed by atoms with Crippen LogP contribution in [0.4, 0.5) is 0 Å². The molecule has 0 radical (unpaired) electrons. The van der Waals surface area contributed by atoms with E-state index in [9.17, 15) is 0 Å². The van der Waals surface area contributed by atoms with Gasteiger partial charge in [-0.15, -0.1) is 12.6 Å². The highest BCUT2D eigenvalue weighted by Crippen LogP contribution is 2.19. The second-order valence-electron chi connectivity index (χ2n) is 2.73. The van der Waals surface area contributed by atoms with Crippen molar-refractivity contribution < 1.29 is 0 Å². The molecule has 3 heteroatoms. The first kappa shape index (κ1) is 7.66. The van der Waals surface area contributed by atoms with Crippen LogP contribution in [0, 0.1) is 0 Å². The lowest BCUT2D eigenvalue weighted by Gasteiger charge is -1.98. The quantitative estimate of drug-likeness (QED) is 0.614. The second kappa shape index (κ2) is 2.66. The van der Waals surface area contributed by atoms with Crippen molar-refractivity contribution in [3.8, 4) is 0 Å². The molecule has 1 aromatic rings. The number of rotatable bonds is 1. The Labute approximate surface area is 66.7 Å². The Bertz CT molecular complexity index is 228. The zero-order valence-electron chi connectivity index (χ0n) is 6.50. The summed E-state index contributed by atoms with van der Waals surface area (Å²) in [6, 6.07) is 0. The van der Waals surface area contributed by atoms with E-state index in [1.54, 1.807) is 4.68 Å². The number of thiol groups is 1. The van der Waals surface area contributed by atoms with Gasteiger partial charge in [-0.05, 0) is 5.92 Å². The molecule has 0 aliphatic heterocycles. The van der Waals surface area contributed by atoms with Gasteiger partial charge in [-0.1, -0.05) is 13.8 Å². The maximum Gasteiger partial charge on any atom is 0.0782 e. The third-order valence-electron chi connectivity index (χ3n) is 1.38. The molecule has 0 aliphatic rings. The molecule has 0 fully saturated rings. The van der Waals surface area contributed by atoms with Gasteiger partial charge in [0.1, 0.15) is 0 Å². The summed E-state index contributed by atoms with van der Waals surface area (Å²) in [5, 5.41) is 4.25. The highest BCUT2D eigenvalue weighted by atomic mass is 32.1. The Kier molecular flexibility index (Phi) is 2.04. The van der Waals surface area contributed by atoms with E-state index in [0.29, 0.717) is 5.92 Å². The molecule has 1 aromatic heterocycles. The Balaban J connectivity index is 3.03. The molecule has 0 bridgehead atoms. The van der Waals surface area contributed by atoms with E-state index < -0.39 is 0 Å². The molecule has 0 aliphatic carbocycles. The van der Waals surface area contributed by atoms with Gasteiger partial charge in [-0.2, -0.15) is 5.10 Å². The lowest BCUT2D eigenvalue weighted by Crippen LogP contribution is -1.92. The minimum Gasteiger partial charge on any atom is -0.274 e. The molecule has 56 valence electrons. The van der Waals surface area contributed by atoms with E-state index in [0.717, 1.165) is 10.6 Å². The predicted molar refractivity (Wildman–Crippen MR) is 44.5 cm³/mol. The average Bonchev–Trinajstić information content (AvgIpc) is 2.10. The predicted octanol–water partition coefficient (Wildman–Crippen LogP) is 1.83. The van der Waals surface area contributed by atoms with Crippen LogP contribution in [0.2, 0.25) is 0 Å². The summed E-state index contributed by atoms with van der Waals surface area (Å²) in [5.74, 6) is 0.466. The van der Waals surface area contributed by atoms with Crippen molar-refractivity contribution >= 4 is 12.6 Å². The van der Waals surface area contributed by atoms with E-state index >= 15 is 0 Å². The number of aromatic nitrogens is 2. The first-order valence-corrected chi connectivity index (χ1v) is 3.78. The molecule has 1 rings (SSSR count). The SMILES string of the molecule is CC(C)c1nn(C)cc1S. The van der Waals surface area contributed by atoms with Crippen LogP contribution in [0.15, 0.2) is 11.1 Å². The van der Waals surface area contributed by atoms with E-state index in [1.165, 1.54) is 0 Å². The molecule has 0 atom stereocenters. The maximum atomic E-state index is 4.27. The molecule has 0 spiro atoms. The van der Waals surface area contributed by atoms with Crippen LogP contribution in [-0.2, 0) is 7.05 Å². The summed E-state index contributed by atoms with van der Waals surface area (Å²) in [6.07, 6.45) is 1.92. The zero-order valence-corrected chi connectivity index (χ0v) is 7.39. The number of aryl methyl sites for hydroxylation is 1. The van der Waals surface area contributed by atoms with Gasteiger partial charge in [0, 0.05) is 18.1 Å². The molecule has 0 aromatic carbocycles. The van der Waals surface area contributed by atoms with Gasteiger partial charge < -0.3 is 0 Å². The molecule has 0 saturated heterocycles. The first-order chi connectivity index (χ1) is 4.61. The number of hydrogen-bond donors (Lipinski definition) is 1. The van der Waals surface area contributed by atoms with Crippen molar-refractivity contribution in [1.29, 1.82) is 0 Å². The fraction of sp³-hybridized carbons (Fsp3) is 0.571. The fourth-order valence-corrected chi connectivity index (χ4v) is 1.37. The van der Waals surface area contributed by atoms with Crippen molar-refractivity contribution in [2.45, 2.75) is 24.7 Å². The average molecular weight is 156 g/mol. The Morgan fingerprint density at radius 2 is 2.20 bits per heavy atom. The number of nitrogens with zero attached hydrogens (tertiary/aromatic N) is 2. The Hall–Kier alpha value is -0.440. The van der Waals surface area contributed by atoms with E-state index in [-0.39, 0.29) is 0 Å². The summed E-state index contributed by atoms with van der Waals surface area (Å²) < 4.78 is 1.79. The highest BCUT2D eigenvalue weighted by molar-refractivity contribution is 7.80. The van der Waals surface area contributed by atoms with E-state index in [1.807, 2.05) is 13.2 Å². The van der Waals surface area contributed by atoms with Crippen molar-refractivity contribution in [2.75, 3.05) is 0 Å². The van der Waals surface area contributed by atoms with Crippen LogP contribution in [0.1, 0.15) is 25.5 Å². The molecule has 0 unspecified atom stereocenters.